The van der Waals surface area contributed by atoms with Crippen molar-refractivity contribution in [2.75, 3.05) is 23.4 Å². The van der Waals surface area contributed by atoms with Gasteiger partial charge in [-0.3, -0.25) is 16.0 Å². The van der Waals surface area contributed by atoms with Gasteiger partial charge >= 0.3 is 0 Å². The topological polar surface area (TPSA) is 84.4 Å². The molecule has 1 aliphatic rings. The van der Waals surface area contributed by atoms with Crippen molar-refractivity contribution in [2.45, 2.75) is 33.1 Å². The number of hydrazine groups is 1. The van der Waals surface area contributed by atoms with Gasteiger partial charge in [-0.25, -0.2) is 0 Å². The number of benzene rings is 1. The molecule has 1 fully saturated rings. The van der Waals surface area contributed by atoms with Crippen LogP contribution in [0, 0.1) is 22.0 Å². The number of nitro groups is 1. The average Bonchev–Trinajstić information content (AvgIpc) is 2.72. The number of non-ortho nitro benzene ring substituents is 1. The van der Waals surface area contributed by atoms with Crippen molar-refractivity contribution in [3.05, 3.63) is 28.3 Å². The fourth-order valence-electron chi connectivity index (χ4n) is 3.01. The number of nitrogen functional groups attached to an aromatic ring is 1. The zero-order valence-corrected chi connectivity index (χ0v) is 12.7. The second-order valence-electron chi connectivity index (χ2n) is 6.06. The smallest absolute Gasteiger partial charge is 0.273 e. The summed E-state index contributed by atoms with van der Waals surface area (Å²) in [6, 6.07) is 4.97. The van der Waals surface area contributed by atoms with E-state index in [1.165, 1.54) is 12.5 Å². The molecule has 0 aromatic heterocycles. The predicted molar refractivity (Wildman–Crippen MR) is 85.3 cm³/mol. The van der Waals surface area contributed by atoms with Gasteiger partial charge in [-0.05, 0) is 37.2 Å². The van der Waals surface area contributed by atoms with Crippen LogP contribution in [0.1, 0.15) is 33.1 Å². The van der Waals surface area contributed by atoms with Gasteiger partial charge in [0.2, 0.25) is 0 Å². The second-order valence-corrected chi connectivity index (χ2v) is 6.06. The van der Waals surface area contributed by atoms with Crippen LogP contribution in [-0.4, -0.2) is 18.0 Å². The highest BCUT2D eigenvalue weighted by Crippen LogP contribution is 2.31. The summed E-state index contributed by atoms with van der Waals surface area (Å²) < 4.78 is 0. The van der Waals surface area contributed by atoms with Gasteiger partial charge in [0.15, 0.2) is 0 Å². The minimum absolute atomic E-state index is 0.0742. The normalized spacial score (nSPS) is 19.4. The standard InChI is InChI=1S/C15H24N4O2/c1-11(2)12-4-3-6-18(7-5-12)14-8-13(17-16)9-15(10-14)19(20)21/h8-12,17H,3-7,16H2,1-2H3. The van der Waals surface area contributed by atoms with Gasteiger partial charge in [0.25, 0.3) is 5.69 Å². The van der Waals surface area contributed by atoms with Gasteiger partial charge in [-0.1, -0.05) is 13.8 Å². The van der Waals surface area contributed by atoms with E-state index in [0.717, 1.165) is 37.5 Å². The van der Waals surface area contributed by atoms with Crippen molar-refractivity contribution in [3.8, 4) is 0 Å². The van der Waals surface area contributed by atoms with Crippen LogP contribution < -0.4 is 16.2 Å². The zero-order valence-electron chi connectivity index (χ0n) is 12.7. The van der Waals surface area contributed by atoms with Crippen LogP contribution in [0.25, 0.3) is 0 Å². The Kier molecular flexibility index (Phi) is 5.01. The molecule has 0 radical (unpaired) electrons. The average molecular weight is 292 g/mol. The molecule has 6 heteroatoms. The zero-order chi connectivity index (χ0) is 15.4. The van der Waals surface area contributed by atoms with Crippen LogP contribution >= 0.6 is 0 Å². The number of nitrogens with zero attached hydrogens (tertiary/aromatic N) is 2. The Morgan fingerprint density at radius 3 is 2.71 bits per heavy atom. The number of nitrogens with two attached hydrogens (primary N) is 1. The van der Waals surface area contributed by atoms with Crippen LogP contribution in [-0.2, 0) is 0 Å². The van der Waals surface area contributed by atoms with Crippen molar-refractivity contribution in [1.82, 2.24) is 0 Å². The fraction of sp³-hybridized carbons (Fsp3) is 0.600. The molecule has 1 aromatic carbocycles. The lowest BCUT2D eigenvalue weighted by molar-refractivity contribution is -0.384. The highest BCUT2D eigenvalue weighted by Gasteiger charge is 2.21. The van der Waals surface area contributed by atoms with Gasteiger partial charge < -0.3 is 10.3 Å². The number of rotatable bonds is 4. The SMILES string of the molecule is CC(C)C1CCCN(c2cc(NN)cc([N+](=O)[O-])c2)CC1. The van der Waals surface area contributed by atoms with Crippen LogP contribution in [0.3, 0.4) is 0 Å². The van der Waals surface area contributed by atoms with Gasteiger partial charge in [-0.2, -0.15) is 0 Å². The summed E-state index contributed by atoms with van der Waals surface area (Å²) in [4.78, 5) is 12.9. The van der Waals surface area contributed by atoms with Gasteiger partial charge in [-0.15, -0.1) is 0 Å². The molecular weight excluding hydrogens is 268 g/mol. The molecule has 6 nitrogen and oxygen atoms in total. The van der Waals surface area contributed by atoms with Crippen molar-refractivity contribution >= 4 is 17.1 Å². The van der Waals surface area contributed by atoms with E-state index in [0.29, 0.717) is 11.6 Å². The molecule has 1 saturated heterocycles. The second kappa shape index (κ2) is 6.76. The monoisotopic (exact) mass is 292 g/mol. The number of nitrogens with one attached hydrogen (secondary N) is 1. The Morgan fingerprint density at radius 1 is 1.33 bits per heavy atom. The van der Waals surface area contributed by atoms with E-state index in [-0.39, 0.29) is 10.6 Å². The highest BCUT2D eigenvalue weighted by molar-refractivity contribution is 5.64. The summed E-state index contributed by atoms with van der Waals surface area (Å²) in [6.45, 7) is 6.41. The first-order valence-corrected chi connectivity index (χ1v) is 7.52. The number of hydrogen-bond acceptors (Lipinski definition) is 5. The first kappa shape index (κ1) is 15.6. The molecule has 3 N–H and O–H groups in total. The van der Waals surface area contributed by atoms with E-state index in [1.54, 1.807) is 6.07 Å². The lowest BCUT2D eigenvalue weighted by atomic mass is 9.89. The first-order valence-electron chi connectivity index (χ1n) is 7.52. The molecule has 1 aromatic rings. The van der Waals surface area contributed by atoms with Crippen LogP contribution in [0.4, 0.5) is 17.1 Å². The molecule has 1 unspecified atom stereocenters. The summed E-state index contributed by atoms with van der Waals surface area (Å²) in [5.41, 5.74) is 4.04. The molecule has 1 heterocycles. The maximum absolute atomic E-state index is 11.0. The van der Waals surface area contributed by atoms with E-state index < -0.39 is 0 Å². The van der Waals surface area contributed by atoms with E-state index in [1.807, 2.05) is 6.07 Å². The number of nitro benzene ring substituents is 1. The third-order valence-electron chi connectivity index (χ3n) is 4.36. The molecular formula is C15H24N4O2. The minimum atomic E-state index is -0.376. The van der Waals surface area contributed by atoms with Crippen LogP contribution in [0.15, 0.2) is 18.2 Å². The summed E-state index contributed by atoms with van der Waals surface area (Å²) in [5.74, 6) is 6.85. The maximum Gasteiger partial charge on any atom is 0.273 e. The minimum Gasteiger partial charge on any atom is -0.371 e. The molecule has 0 aliphatic carbocycles. The van der Waals surface area contributed by atoms with Gasteiger partial charge in [0.1, 0.15) is 0 Å². The van der Waals surface area contributed by atoms with Gasteiger partial charge in [0.05, 0.1) is 10.6 Å². The van der Waals surface area contributed by atoms with Crippen LogP contribution in [0.5, 0.6) is 0 Å². The molecule has 2 rings (SSSR count). The lowest BCUT2D eigenvalue weighted by Gasteiger charge is -2.24. The Balaban J connectivity index is 2.20. The Labute approximate surface area is 125 Å². The van der Waals surface area contributed by atoms with E-state index in [9.17, 15) is 10.1 Å². The Bertz CT molecular complexity index is 504. The Hall–Kier alpha value is -1.82. The molecule has 1 atom stereocenters. The molecule has 116 valence electrons. The quantitative estimate of drug-likeness (QED) is 0.506. The summed E-state index contributed by atoms with van der Waals surface area (Å²) in [5, 5.41) is 11.0. The summed E-state index contributed by atoms with van der Waals surface area (Å²) >= 11 is 0. The largest absolute Gasteiger partial charge is 0.371 e. The Morgan fingerprint density at radius 2 is 2.10 bits per heavy atom. The number of anilines is 2. The molecule has 0 saturated carbocycles. The van der Waals surface area contributed by atoms with Crippen molar-refractivity contribution in [1.29, 1.82) is 0 Å². The van der Waals surface area contributed by atoms with Gasteiger partial charge in [0, 0.05) is 30.9 Å². The molecule has 0 spiro atoms. The third-order valence-corrected chi connectivity index (χ3v) is 4.36. The van der Waals surface area contributed by atoms with E-state index in [4.69, 9.17) is 5.84 Å². The van der Waals surface area contributed by atoms with Crippen molar-refractivity contribution in [3.63, 3.8) is 0 Å². The van der Waals surface area contributed by atoms with Crippen LogP contribution in [0.2, 0.25) is 0 Å². The highest BCUT2D eigenvalue weighted by atomic mass is 16.6. The molecule has 0 bridgehead atoms. The summed E-state index contributed by atoms with van der Waals surface area (Å²) in [6.07, 6.45) is 3.48. The van der Waals surface area contributed by atoms with E-state index >= 15 is 0 Å². The number of hydrogen-bond donors (Lipinski definition) is 2. The maximum atomic E-state index is 11.0. The molecule has 21 heavy (non-hydrogen) atoms. The third kappa shape index (κ3) is 3.85. The fourth-order valence-corrected chi connectivity index (χ4v) is 3.01. The summed E-state index contributed by atoms with van der Waals surface area (Å²) in [7, 11) is 0. The van der Waals surface area contributed by atoms with Crippen molar-refractivity contribution in [2.24, 2.45) is 17.7 Å². The molecule has 0 amide bonds. The van der Waals surface area contributed by atoms with E-state index in [2.05, 4.69) is 24.2 Å². The predicted octanol–water partition coefficient (Wildman–Crippen LogP) is 3.14. The van der Waals surface area contributed by atoms with Crippen molar-refractivity contribution < 1.29 is 4.92 Å². The molecule has 1 aliphatic heterocycles. The first-order chi connectivity index (χ1) is 10.0. The lowest BCUT2D eigenvalue weighted by Crippen LogP contribution is -2.25.